The van der Waals surface area contributed by atoms with Crippen LogP contribution in [0.4, 0.5) is 0 Å². The van der Waals surface area contributed by atoms with Crippen LogP contribution in [0.25, 0.3) is 0 Å². The lowest BCUT2D eigenvalue weighted by Gasteiger charge is -2.07. The van der Waals surface area contributed by atoms with Crippen molar-refractivity contribution in [2.24, 2.45) is 0 Å². The molecule has 1 aliphatic carbocycles. The molecule has 1 nitrogen and oxygen atoms in total. The minimum atomic E-state index is 0.392. The largest absolute Gasteiger partial charge is 0.485 e. The monoisotopic (exact) mass is 198 g/mol. The van der Waals surface area contributed by atoms with Crippen LogP contribution in [0, 0.1) is 11.3 Å². The van der Waals surface area contributed by atoms with Crippen molar-refractivity contribution in [1.82, 2.24) is 0 Å². The maximum Gasteiger partial charge on any atom is 0.149 e. The van der Waals surface area contributed by atoms with E-state index in [1.54, 1.807) is 0 Å². The molecule has 0 spiro atoms. The fourth-order valence-corrected chi connectivity index (χ4v) is 0.911. The van der Waals surface area contributed by atoms with Gasteiger partial charge in [-0.3, -0.25) is 0 Å². The quantitative estimate of drug-likeness (QED) is 0.618. The molecule has 0 aromatic heterocycles. The number of hydrogen-bond donors (Lipinski definition) is 0. The second-order valence-electron chi connectivity index (χ2n) is 2.16. The van der Waals surface area contributed by atoms with Crippen LogP contribution in [-0.2, 0) is 4.74 Å². The predicted molar refractivity (Wildman–Crippen MR) is 57.4 cm³/mol. The average molecular weight is 199 g/mol. The molecule has 0 unspecified atom stereocenters. The molecule has 0 N–H and O–H groups in total. The van der Waals surface area contributed by atoms with E-state index in [0.717, 1.165) is 18.6 Å². The van der Waals surface area contributed by atoms with Gasteiger partial charge in [-0.05, 0) is 30.0 Å². The van der Waals surface area contributed by atoms with Gasteiger partial charge in [0.1, 0.15) is 6.61 Å². The third-order valence-corrected chi connectivity index (χ3v) is 1.51. The maximum atomic E-state index is 5.28. The molecule has 0 amide bonds. The third kappa shape index (κ3) is 6.31. The summed E-state index contributed by atoms with van der Waals surface area (Å²) in [5.41, 5.74) is 0. The van der Waals surface area contributed by atoms with Crippen molar-refractivity contribution in [2.75, 3.05) is 6.61 Å². The molecule has 1 aliphatic rings. The van der Waals surface area contributed by atoms with E-state index in [9.17, 15) is 0 Å². The van der Waals surface area contributed by atoms with Gasteiger partial charge < -0.3 is 4.74 Å². The zero-order valence-corrected chi connectivity index (χ0v) is 8.90. The fourth-order valence-electron chi connectivity index (χ4n) is 0.857. The first-order valence-electron chi connectivity index (χ1n) is 4.50. The molecule has 0 radical (unpaired) electrons. The molecule has 0 fully saturated rings. The summed E-state index contributed by atoms with van der Waals surface area (Å²) in [7, 11) is 0. The summed E-state index contributed by atoms with van der Waals surface area (Å²) in [6.07, 6.45) is 8.09. The van der Waals surface area contributed by atoms with E-state index in [-0.39, 0.29) is 0 Å². The predicted octanol–water partition coefficient (Wildman–Crippen LogP) is 3.46. The van der Waals surface area contributed by atoms with Gasteiger partial charge in [0, 0.05) is 11.8 Å². The minimum Gasteiger partial charge on any atom is -0.485 e. The van der Waals surface area contributed by atoms with Crippen molar-refractivity contribution in [3.63, 3.8) is 0 Å². The highest BCUT2D eigenvalue weighted by Gasteiger charge is 1.97. The van der Waals surface area contributed by atoms with Crippen LogP contribution in [-0.4, -0.2) is 6.61 Å². The Bertz CT molecular complexity index is 230. The van der Waals surface area contributed by atoms with E-state index in [1.165, 1.54) is 0 Å². The van der Waals surface area contributed by atoms with Gasteiger partial charge >= 0.3 is 0 Å². The molecule has 13 heavy (non-hydrogen) atoms. The summed E-state index contributed by atoms with van der Waals surface area (Å²) in [6.45, 7) is 4.39. The summed E-state index contributed by atoms with van der Waals surface area (Å²) in [5.74, 6) is 3.62. The Morgan fingerprint density at radius 3 is 2.85 bits per heavy atom. The van der Waals surface area contributed by atoms with Crippen LogP contribution in [0.15, 0.2) is 24.0 Å². The molecule has 72 valence electrons. The molecule has 0 bridgehead atoms. The molecular weight excluding hydrogens is 184 g/mol. The first-order valence-corrected chi connectivity index (χ1v) is 4.88. The van der Waals surface area contributed by atoms with Crippen molar-refractivity contribution >= 4 is 11.6 Å². The molecule has 0 saturated heterocycles. The lowest BCUT2D eigenvalue weighted by molar-refractivity contribution is 0.241. The maximum absolute atomic E-state index is 5.28. The van der Waals surface area contributed by atoms with Gasteiger partial charge in [0.25, 0.3) is 0 Å². The second-order valence-corrected chi connectivity index (χ2v) is 2.35. The van der Waals surface area contributed by atoms with Crippen LogP contribution in [0.2, 0.25) is 0 Å². The molecule has 1 rings (SSSR count). The van der Waals surface area contributed by atoms with Crippen LogP contribution >= 0.6 is 11.6 Å². The normalized spacial score (nSPS) is 13.0. The highest BCUT2D eigenvalue weighted by molar-refractivity contribution is 6.30. The van der Waals surface area contributed by atoms with Gasteiger partial charge in [-0.15, -0.1) is 0 Å². The van der Waals surface area contributed by atoms with Crippen molar-refractivity contribution in [3.05, 3.63) is 24.0 Å². The smallest absolute Gasteiger partial charge is 0.149 e. The SMILES string of the molecule is CC.ClC#CCOC1=CC=CCC1. The third-order valence-electron chi connectivity index (χ3n) is 1.37. The lowest BCUT2D eigenvalue weighted by atomic mass is 10.2. The Morgan fingerprint density at radius 1 is 1.54 bits per heavy atom. The van der Waals surface area contributed by atoms with Gasteiger partial charge in [-0.25, -0.2) is 0 Å². The van der Waals surface area contributed by atoms with Crippen molar-refractivity contribution in [1.29, 1.82) is 0 Å². The number of halogens is 1. The molecule has 0 atom stereocenters. The summed E-state index contributed by atoms with van der Waals surface area (Å²) >= 11 is 5.14. The van der Waals surface area contributed by atoms with Crippen LogP contribution in [0.5, 0.6) is 0 Å². The van der Waals surface area contributed by atoms with Crippen molar-refractivity contribution in [2.45, 2.75) is 26.7 Å². The highest BCUT2D eigenvalue weighted by atomic mass is 35.5. The van der Waals surface area contributed by atoms with Crippen molar-refractivity contribution < 1.29 is 4.74 Å². The molecule has 0 saturated carbocycles. The number of rotatable bonds is 2. The van der Waals surface area contributed by atoms with Gasteiger partial charge in [-0.1, -0.05) is 26.0 Å². The van der Waals surface area contributed by atoms with Gasteiger partial charge in [0.15, 0.2) is 0 Å². The van der Waals surface area contributed by atoms with Crippen LogP contribution in [0.1, 0.15) is 26.7 Å². The standard InChI is InChI=1S/C9H9ClO.C2H6/c10-7-4-8-11-9-5-2-1-3-6-9;1-2/h1-2,5H,3,6,8H2;1-2H3. The Balaban J connectivity index is 0.000000671. The van der Waals surface area contributed by atoms with Gasteiger partial charge in [0.05, 0.1) is 5.76 Å². The first kappa shape index (κ1) is 12.1. The summed E-state index contributed by atoms with van der Waals surface area (Å²) in [4.78, 5) is 0. The Morgan fingerprint density at radius 2 is 2.31 bits per heavy atom. The summed E-state index contributed by atoms with van der Waals surface area (Å²) in [6, 6.07) is 0. The first-order chi connectivity index (χ1) is 6.43. The van der Waals surface area contributed by atoms with E-state index in [2.05, 4.69) is 17.4 Å². The summed E-state index contributed by atoms with van der Waals surface area (Å²) < 4.78 is 5.28. The molecule has 0 aromatic rings. The molecular formula is C11H15ClO. The van der Waals surface area contributed by atoms with Crippen LogP contribution in [0.3, 0.4) is 0 Å². The zero-order valence-electron chi connectivity index (χ0n) is 8.14. The number of allylic oxidation sites excluding steroid dienone is 4. The van der Waals surface area contributed by atoms with Gasteiger partial charge in [0.2, 0.25) is 0 Å². The number of hydrogen-bond acceptors (Lipinski definition) is 1. The molecule has 2 heteroatoms. The van der Waals surface area contributed by atoms with Crippen LogP contribution < -0.4 is 0 Å². The van der Waals surface area contributed by atoms with E-state index in [4.69, 9.17) is 16.3 Å². The minimum absolute atomic E-state index is 0.392. The van der Waals surface area contributed by atoms with E-state index in [0.29, 0.717) is 6.61 Å². The van der Waals surface area contributed by atoms with E-state index in [1.807, 2.05) is 26.0 Å². The lowest BCUT2D eigenvalue weighted by Crippen LogP contribution is -1.94. The zero-order chi connectivity index (χ0) is 9.94. The Kier molecular flexibility index (Phi) is 8.60. The van der Waals surface area contributed by atoms with E-state index >= 15 is 0 Å². The topological polar surface area (TPSA) is 9.23 Å². The Hall–Kier alpha value is -0.870. The summed E-state index contributed by atoms with van der Waals surface area (Å²) in [5, 5.41) is 2.26. The Labute approximate surface area is 85.4 Å². The molecule has 0 aliphatic heterocycles. The number of ether oxygens (including phenoxy) is 1. The second kappa shape index (κ2) is 9.22. The highest BCUT2D eigenvalue weighted by Crippen LogP contribution is 2.11. The van der Waals surface area contributed by atoms with Crippen molar-refractivity contribution in [3.8, 4) is 11.3 Å². The fraction of sp³-hybridized carbons (Fsp3) is 0.455. The molecule has 0 heterocycles. The average Bonchev–Trinajstić information content (AvgIpc) is 2.23. The molecule has 0 aromatic carbocycles. The van der Waals surface area contributed by atoms with E-state index < -0.39 is 0 Å². The van der Waals surface area contributed by atoms with Gasteiger partial charge in [-0.2, -0.15) is 0 Å².